The first kappa shape index (κ1) is 15.3. The summed E-state index contributed by atoms with van der Waals surface area (Å²) in [6.07, 6.45) is 6.37. The summed E-state index contributed by atoms with van der Waals surface area (Å²) in [5.41, 5.74) is 1.15. The molecule has 0 amide bonds. The van der Waals surface area contributed by atoms with E-state index in [-0.39, 0.29) is 0 Å². The summed E-state index contributed by atoms with van der Waals surface area (Å²) in [5, 5.41) is 3.30. The predicted octanol–water partition coefficient (Wildman–Crippen LogP) is 0.949. The molecule has 2 unspecified atom stereocenters. The van der Waals surface area contributed by atoms with Gasteiger partial charge >= 0.3 is 0 Å². The number of imidazole rings is 1. The molecule has 0 saturated heterocycles. The molecule has 1 aromatic heterocycles. The fourth-order valence-corrected chi connectivity index (χ4v) is 2.41. The molecule has 6 heteroatoms. The van der Waals surface area contributed by atoms with Gasteiger partial charge in [0.2, 0.25) is 0 Å². The normalized spacial score (nSPS) is 14.6. The quantitative estimate of drug-likeness (QED) is 0.681. The SMILES string of the molecule is COCCNCc1cncn1C(C)CCS(C)=O. The Bertz CT molecular complexity index is 368. The maximum atomic E-state index is 11.1. The molecule has 0 saturated carbocycles. The number of nitrogens with zero attached hydrogens (tertiary/aromatic N) is 2. The third-order valence-electron chi connectivity index (χ3n) is 2.83. The molecule has 2 atom stereocenters. The number of rotatable bonds is 9. The molecule has 1 heterocycles. The number of methoxy groups -OCH3 is 1. The summed E-state index contributed by atoms with van der Waals surface area (Å²) in [6.45, 7) is 4.45. The Morgan fingerprint density at radius 1 is 1.61 bits per heavy atom. The van der Waals surface area contributed by atoms with Gasteiger partial charge in [0.1, 0.15) is 0 Å². The third-order valence-corrected chi connectivity index (χ3v) is 3.64. The summed E-state index contributed by atoms with van der Waals surface area (Å²) >= 11 is 0. The molecule has 0 spiro atoms. The molecule has 5 nitrogen and oxygen atoms in total. The lowest BCUT2D eigenvalue weighted by atomic mass is 10.2. The molecule has 0 aliphatic rings. The second-order valence-electron chi connectivity index (χ2n) is 4.38. The van der Waals surface area contributed by atoms with Gasteiger partial charge in [0.25, 0.3) is 0 Å². The van der Waals surface area contributed by atoms with Crippen molar-refractivity contribution in [1.82, 2.24) is 14.9 Å². The van der Waals surface area contributed by atoms with Crippen LogP contribution in [0.15, 0.2) is 12.5 Å². The largest absolute Gasteiger partial charge is 0.383 e. The van der Waals surface area contributed by atoms with Gasteiger partial charge in [0.05, 0.1) is 18.6 Å². The van der Waals surface area contributed by atoms with Crippen LogP contribution in [0.5, 0.6) is 0 Å². The first-order valence-electron chi connectivity index (χ1n) is 6.15. The molecule has 0 aliphatic carbocycles. The molecule has 1 rings (SSSR count). The zero-order valence-electron chi connectivity index (χ0n) is 11.4. The average Bonchev–Trinajstić information content (AvgIpc) is 2.80. The van der Waals surface area contributed by atoms with Crippen LogP contribution in [-0.2, 0) is 22.1 Å². The van der Waals surface area contributed by atoms with Gasteiger partial charge in [-0.1, -0.05) is 0 Å². The Morgan fingerprint density at radius 3 is 3.06 bits per heavy atom. The predicted molar refractivity (Wildman–Crippen MR) is 74.1 cm³/mol. The average molecular weight is 273 g/mol. The van der Waals surface area contributed by atoms with Crippen LogP contribution in [0.2, 0.25) is 0 Å². The molecule has 0 aromatic carbocycles. The van der Waals surface area contributed by atoms with E-state index in [0.717, 1.165) is 31.0 Å². The van der Waals surface area contributed by atoms with Crippen LogP contribution < -0.4 is 5.32 Å². The van der Waals surface area contributed by atoms with Crippen molar-refractivity contribution >= 4 is 10.8 Å². The van der Waals surface area contributed by atoms with E-state index in [2.05, 4.69) is 21.8 Å². The van der Waals surface area contributed by atoms with Gasteiger partial charge in [0, 0.05) is 55.2 Å². The lowest BCUT2D eigenvalue weighted by Gasteiger charge is -2.16. The third kappa shape index (κ3) is 5.29. The van der Waals surface area contributed by atoms with Crippen LogP contribution >= 0.6 is 0 Å². The Labute approximate surface area is 111 Å². The van der Waals surface area contributed by atoms with Crippen molar-refractivity contribution in [2.45, 2.75) is 25.9 Å². The second-order valence-corrected chi connectivity index (χ2v) is 5.93. The van der Waals surface area contributed by atoms with Crippen LogP contribution in [0.25, 0.3) is 0 Å². The highest BCUT2D eigenvalue weighted by atomic mass is 32.2. The number of aromatic nitrogens is 2. The van der Waals surface area contributed by atoms with Gasteiger partial charge in [-0.15, -0.1) is 0 Å². The molecule has 0 bridgehead atoms. The molecule has 0 radical (unpaired) electrons. The summed E-state index contributed by atoms with van der Waals surface area (Å²) in [5.74, 6) is 0.732. The van der Waals surface area contributed by atoms with Gasteiger partial charge < -0.3 is 14.6 Å². The summed E-state index contributed by atoms with van der Waals surface area (Å²) in [7, 11) is 0.965. The Hall–Kier alpha value is -0.720. The number of ether oxygens (including phenoxy) is 1. The molecular weight excluding hydrogens is 250 g/mol. The van der Waals surface area contributed by atoms with E-state index in [1.54, 1.807) is 13.4 Å². The monoisotopic (exact) mass is 273 g/mol. The van der Waals surface area contributed by atoms with E-state index >= 15 is 0 Å². The number of hydrogen-bond donors (Lipinski definition) is 1. The fraction of sp³-hybridized carbons (Fsp3) is 0.750. The fourth-order valence-electron chi connectivity index (χ4n) is 1.73. The van der Waals surface area contributed by atoms with Crippen LogP contribution in [0.3, 0.4) is 0 Å². The summed E-state index contributed by atoms with van der Waals surface area (Å²) in [4.78, 5) is 4.19. The van der Waals surface area contributed by atoms with Crippen LogP contribution in [0.1, 0.15) is 25.1 Å². The van der Waals surface area contributed by atoms with Crippen molar-refractivity contribution in [3.05, 3.63) is 18.2 Å². The van der Waals surface area contributed by atoms with E-state index in [4.69, 9.17) is 4.74 Å². The van der Waals surface area contributed by atoms with Crippen molar-refractivity contribution in [3.63, 3.8) is 0 Å². The number of nitrogens with one attached hydrogen (secondary N) is 1. The maximum Gasteiger partial charge on any atom is 0.0951 e. The Kier molecular flexibility index (Phi) is 7.15. The standard InChI is InChI=1S/C12H23N3O2S/c1-11(4-7-18(3)16)15-10-14-9-12(15)8-13-5-6-17-2/h9-11,13H,4-8H2,1-3H3. The maximum absolute atomic E-state index is 11.1. The lowest BCUT2D eigenvalue weighted by Crippen LogP contribution is -2.21. The molecule has 1 N–H and O–H groups in total. The molecule has 104 valence electrons. The van der Waals surface area contributed by atoms with Crippen molar-refractivity contribution < 1.29 is 8.95 Å². The van der Waals surface area contributed by atoms with Gasteiger partial charge in [-0.3, -0.25) is 4.21 Å². The van der Waals surface area contributed by atoms with Crippen LogP contribution in [-0.4, -0.2) is 46.0 Å². The van der Waals surface area contributed by atoms with E-state index < -0.39 is 10.8 Å². The molecule has 1 aromatic rings. The summed E-state index contributed by atoms with van der Waals surface area (Å²) < 4.78 is 18.2. The molecule has 0 fully saturated rings. The Balaban J connectivity index is 2.45. The van der Waals surface area contributed by atoms with E-state index in [0.29, 0.717) is 12.6 Å². The second kappa shape index (κ2) is 8.39. The first-order chi connectivity index (χ1) is 8.65. The van der Waals surface area contributed by atoms with Crippen molar-refractivity contribution in [2.75, 3.05) is 32.3 Å². The number of hydrogen-bond acceptors (Lipinski definition) is 4. The minimum absolute atomic E-state index is 0.329. The van der Waals surface area contributed by atoms with Gasteiger partial charge in [0.15, 0.2) is 0 Å². The smallest absolute Gasteiger partial charge is 0.0951 e. The van der Waals surface area contributed by atoms with Gasteiger partial charge in [-0.2, -0.15) is 0 Å². The Morgan fingerprint density at radius 2 is 2.39 bits per heavy atom. The zero-order chi connectivity index (χ0) is 13.4. The van der Waals surface area contributed by atoms with E-state index in [1.807, 2.05) is 12.5 Å². The first-order valence-corrected chi connectivity index (χ1v) is 7.88. The van der Waals surface area contributed by atoms with Crippen molar-refractivity contribution in [3.8, 4) is 0 Å². The highest BCUT2D eigenvalue weighted by molar-refractivity contribution is 7.84. The minimum atomic E-state index is -0.728. The molecule has 18 heavy (non-hydrogen) atoms. The van der Waals surface area contributed by atoms with E-state index in [1.165, 1.54) is 0 Å². The molecular formula is C12H23N3O2S. The van der Waals surface area contributed by atoms with Gasteiger partial charge in [-0.05, 0) is 13.3 Å². The topological polar surface area (TPSA) is 56.1 Å². The lowest BCUT2D eigenvalue weighted by molar-refractivity contribution is 0.199. The van der Waals surface area contributed by atoms with Crippen molar-refractivity contribution in [1.29, 1.82) is 0 Å². The summed E-state index contributed by atoms with van der Waals surface area (Å²) in [6, 6.07) is 0.329. The molecule has 0 aliphatic heterocycles. The van der Waals surface area contributed by atoms with Crippen molar-refractivity contribution in [2.24, 2.45) is 0 Å². The zero-order valence-corrected chi connectivity index (χ0v) is 12.2. The van der Waals surface area contributed by atoms with Crippen LogP contribution in [0.4, 0.5) is 0 Å². The van der Waals surface area contributed by atoms with Gasteiger partial charge in [-0.25, -0.2) is 4.98 Å². The minimum Gasteiger partial charge on any atom is -0.383 e. The highest BCUT2D eigenvalue weighted by Gasteiger charge is 2.09. The van der Waals surface area contributed by atoms with E-state index in [9.17, 15) is 4.21 Å². The highest BCUT2D eigenvalue weighted by Crippen LogP contribution is 2.14. The van der Waals surface area contributed by atoms with Crippen LogP contribution in [0, 0.1) is 0 Å².